The fourth-order valence-corrected chi connectivity index (χ4v) is 5.71. The zero-order chi connectivity index (χ0) is 27.9. The summed E-state index contributed by atoms with van der Waals surface area (Å²) in [5.41, 5.74) is 0.746. The topological polar surface area (TPSA) is 96.0 Å². The highest BCUT2D eigenvalue weighted by atomic mass is 35.5. The lowest BCUT2D eigenvalue weighted by atomic mass is 10.1. The Kier molecular flexibility index (Phi) is 10.0. The van der Waals surface area contributed by atoms with E-state index in [1.807, 2.05) is 0 Å². The van der Waals surface area contributed by atoms with Gasteiger partial charge < -0.3 is 15.0 Å². The van der Waals surface area contributed by atoms with Crippen molar-refractivity contribution in [1.29, 1.82) is 0 Å². The van der Waals surface area contributed by atoms with Gasteiger partial charge in [-0.05, 0) is 55.8 Å². The summed E-state index contributed by atoms with van der Waals surface area (Å²) in [5.74, 6) is -0.734. The molecule has 0 radical (unpaired) electrons. The largest absolute Gasteiger partial charge is 0.492 e. The minimum Gasteiger partial charge on any atom is -0.492 e. The van der Waals surface area contributed by atoms with Gasteiger partial charge in [0, 0.05) is 23.6 Å². The summed E-state index contributed by atoms with van der Waals surface area (Å²) in [4.78, 5) is 27.7. The van der Waals surface area contributed by atoms with Crippen molar-refractivity contribution in [2.45, 2.75) is 31.3 Å². The maximum atomic E-state index is 13.8. The molecule has 202 valence electrons. The van der Waals surface area contributed by atoms with Crippen LogP contribution >= 0.6 is 23.2 Å². The van der Waals surface area contributed by atoms with Crippen molar-refractivity contribution < 1.29 is 22.7 Å². The number of para-hydroxylation sites is 2. The van der Waals surface area contributed by atoms with Crippen LogP contribution < -0.4 is 14.4 Å². The van der Waals surface area contributed by atoms with E-state index < -0.39 is 34.4 Å². The summed E-state index contributed by atoms with van der Waals surface area (Å²) < 4.78 is 34.4. The molecule has 0 aliphatic carbocycles. The average molecular weight is 579 g/mol. The Morgan fingerprint density at radius 2 is 1.66 bits per heavy atom. The van der Waals surface area contributed by atoms with Crippen molar-refractivity contribution >= 4 is 50.7 Å². The minimum absolute atomic E-state index is 0.00532. The third-order valence-electron chi connectivity index (χ3n) is 5.81. The number of nitrogens with one attached hydrogen (secondary N) is 1. The molecule has 3 aromatic carbocycles. The van der Waals surface area contributed by atoms with E-state index in [1.54, 1.807) is 68.4 Å². The maximum absolute atomic E-state index is 13.8. The van der Waals surface area contributed by atoms with Gasteiger partial charge >= 0.3 is 0 Å². The average Bonchev–Trinajstić information content (AvgIpc) is 2.91. The number of carbonyl (C=O) groups is 2. The van der Waals surface area contributed by atoms with Gasteiger partial charge in [-0.3, -0.25) is 13.9 Å². The van der Waals surface area contributed by atoms with Crippen LogP contribution in [0.25, 0.3) is 0 Å². The number of hydrogen-bond donors (Lipinski definition) is 1. The van der Waals surface area contributed by atoms with E-state index in [9.17, 15) is 18.0 Å². The minimum atomic E-state index is -4.20. The highest BCUT2D eigenvalue weighted by molar-refractivity contribution is 7.92. The molecule has 0 bridgehead atoms. The molecule has 0 fully saturated rings. The van der Waals surface area contributed by atoms with Crippen LogP contribution in [0.3, 0.4) is 0 Å². The Morgan fingerprint density at radius 1 is 1.00 bits per heavy atom. The quantitative estimate of drug-likeness (QED) is 0.354. The van der Waals surface area contributed by atoms with Gasteiger partial charge in [0.1, 0.15) is 18.3 Å². The number of amides is 2. The SMILES string of the molecule is CCOc1ccccc1N(CC(=O)N(Cc1ccc(Cl)cc1Cl)[C@@H](C)C(=O)NC)S(=O)(=O)c1ccccc1. The summed E-state index contributed by atoms with van der Waals surface area (Å²) in [7, 11) is -2.74. The van der Waals surface area contributed by atoms with Gasteiger partial charge in [0.05, 0.1) is 17.2 Å². The van der Waals surface area contributed by atoms with Crippen LogP contribution in [-0.2, 0) is 26.2 Å². The van der Waals surface area contributed by atoms with Gasteiger partial charge in [0.2, 0.25) is 11.8 Å². The normalized spacial score (nSPS) is 11.9. The summed E-state index contributed by atoms with van der Waals surface area (Å²) >= 11 is 12.4. The van der Waals surface area contributed by atoms with Crippen LogP contribution in [-0.4, -0.2) is 51.4 Å². The first-order valence-electron chi connectivity index (χ1n) is 11.8. The number of rotatable bonds is 11. The third kappa shape index (κ3) is 6.78. The molecule has 0 aromatic heterocycles. The second kappa shape index (κ2) is 13.0. The summed E-state index contributed by atoms with van der Waals surface area (Å²) in [6, 6.07) is 18.3. The Balaban J connectivity index is 2.09. The predicted octanol–water partition coefficient (Wildman–Crippen LogP) is 4.75. The van der Waals surface area contributed by atoms with E-state index in [2.05, 4.69) is 5.32 Å². The Bertz CT molecular complexity index is 1390. The molecule has 0 saturated carbocycles. The smallest absolute Gasteiger partial charge is 0.264 e. The summed E-state index contributed by atoms with van der Waals surface area (Å²) in [5, 5.41) is 3.27. The van der Waals surface area contributed by atoms with E-state index in [-0.39, 0.29) is 17.1 Å². The maximum Gasteiger partial charge on any atom is 0.264 e. The molecule has 3 aromatic rings. The highest BCUT2D eigenvalue weighted by Crippen LogP contribution is 2.33. The molecule has 3 rings (SSSR count). The van der Waals surface area contributed by atoms with Crippen LogP contribution in [0, 0.1) is 0 Å². The lowest BCUT2D eigenvalue weighted by molar-refractivity contribution is -0.139. The van der Waals surface area contributed by atoms with E-state index in [4.69, 9.17) is 27.9 Å². The van der Waals surface area contributed by atoms with E-state index in [0.717, 1.165) is 4.31 Å². The van der Waals surface area contributed by atoms with Crippen molar-refractivity contribution in [1.82, 2.24) is 10.2 Å². The van der Waals surface area contributed by atoms with E-state index in [1.165, 1.54) is 30.1 Å². The third-order valence-corrected chi connectivity index (χ3v) is 8.17. The highest BCUT2D eigenvalue weighted by Gasteiger charge is 2.33. The molecule has 38 heavy (non-hydrogen) atoms. The first-order valence-corrected chi connectivity index (χ1v) is 14.0. The lowest BCUT2D eigenvalue weighted by Crippen LogP contribution is -2.50. The van der Waals surface area contributed by atoms with Gasteiger partial charge in [-0.25, -0.2) is 8.42 Å². The monoisotopic (exact) mass is 577 g/mol. The predicted molar refractivity (Wildman–Crippen MR) is 149 cm³/mol. The van der Waals surface area contributed by atoms with Crippen LogP contribution in [0.2, 0.25) is 10.0 Å². The Hall–Kier alpha value is -3.27. The number of hydrogen-bond acceptors (Lipinski definition) is 5. The van der Waals surface area contributed by atoms with Crippen LogP contribution in [0.15, 0.2) is 77.7 Å². The molecule has 11 heteroatoms. The van der Waals surface area contributed by atoms with Gasteiger partial charge in [-0.1, -0.05) is 59.6 Å². The first-order chi connectivity index (χ1) is 18.1. The van der Waals surface area contributed by atoms with Crippen molar-refractivity contribution in [2.75, 3.05) is 24.5 Å². The molecule has 1 atom stereocenters. The van der Waals surface area contributed by atoms with Crippen LogP contribution in [0.1, 0.15) is 19.4 Å². The number of sulfonamides is 1. The molecule has 0 aliphatic rings. The van der Waals surface area contributed by atoms with Crippen molar-refractivity contribution in [3.8, 4) is 5.75 Å². The van der Waals surface area contributed by atoms with Crippen molar-refractivity contribution in [3.05, 3.63) is 88.4 Å². The summed E-state index contributed by atoms with van der Waals surface area (Å²) in [6.45, 7) is 2.99. The number of nitrogens with zero attached hydrogens (tertiary/aromatic N) is 2. The summed E-state index contributed by atoms with van der Waals surface area (Å²) in [6.07, 6.45) is 0. The fourth-order valence-electron chi connectivity index (χ4n) is 3.80. The van der Waals surface area contributed by atoms with Gasteiger partial charge in [-0.15, -0.1) is 0 Å². The van der Waals surface area contributed by atoms with Crippen molar-refractivity contribution in [2.24, 2.45) is 0 Å². The number of likely N-dealkylation sites (N-methyl/N-ethyl adjacent to an activating group) is 1. The van der Waals surface area contributed by atoms with Crippen LogP contribution in [0.5, 0.6) is 5.75 Å². The van der Waals surface area contributed by atoms with Gasteiger partial charge in [0.25, 0.3) is 10.0 Å². The van der Waals surface area contributed by atoms with E-state index >= 15 is 0 Å². The molecular weight excluding hydrogens is 549 g/mol. The first kappa shape index (κ1) is 29.3. The Labute approximate surface area is 233 Å². The molecule has 0 spiro atoms. The molecule has 1 N–H and O–H groups in total. The van der Waals surface area contributed by atoms with E-state index in [0.29, 0.717) is 28.0 Å². The molecule has 0 unspecified atom stereocenters. The second-order valence-electron chi connectivity index (χ2n) is 8.27. The van der Waals surface area contributed by atoms with Gasteiger partial charge in [-0.2, -0.15) is 0 Å². The molecule has 0 saturated heterocycles. The zero-order valence-electron chi connectivity index (χ0n) is 21.2. The Morgan fingerprint density at radius 3 is 2.29 bits per heavy atom. The molecular formula is C27H29Cl2N3O5S. The standard InChI is InChI=1S/C27H29Cl2N3O5S/c1-4-37-25-13-9-8-12-24(25)32(38(35,36)22-10-6-5-7-11-22)18-26(33)31(19(2)27(34)30-3)17-20-14-15-21(28)16-23(20)29/h5-16,19H,4,17-18H2,1-3H3,(H,30,34)/t19-/m0/s1. The molecule has 0 aliphatic heterocycles. The number of anilines is 1. The second-order valence-corrected chi connectivity index (χ2v) is 11.0. The molecule has 0 heterocycles. The number of benzene rings is 3. The van der Waals surface area contributed by atoms with Crippen LogP contribution in [0.4, 0.5) is 5.69 Å². The zero-order valence-corrected chi connectivity index (χ0v) is 23.6. The lowest BCUT2D eigenvalue weighted by Gasteiger charge is -2.32. The number of halogens is 2. The number of ether oxygens (including phenoxy) is 1. The van der Waals surface area contributed by atoms with Gasteiger partial charge in [0.15, 0.2) is 0 Å². The molecule has 8 nitrogen and oxygen atoms in total. The number of carbonyl (C=O) groups excluding carboxylic acids is 2. The molecule has 2 amide bonds. The van der Waals surface area contributed by atoms with Crippen molar-refractivity contribution in [3.63, 3.8) is 0 Å². The fraction of sp³-hybridized carbons (Fsp3) is 0.259.